The maximum Gasteiger partial charge on any atom is 0.118 e. The minimum absolute atomic E-state index is 0.929. The molecular formula is C12H12Si. The highest BCUT2D eigenvalue weighted by atomic mass is 28.3. The van der Waals surface area contributed by atoms with Gasteiger partial charge in [-0.05, 0) is 10.8 Å². The van der Waals surface area contributed by atoms with Gasteiger partial charge in [0.25, 0.3) is 0 Å². The number of allylic oxidation sites excluding steroid dienone is 2. The Hall–Kier alpha value is -1.34. The van der Waals surface area contributed by atoms with Gasteiger partial charge in [-0.15, -0.1) is 0 Å². The van der Waals surface area contributed by atoms with Gasteiger partial charge in [0.15, 0.2) is 0 Å². The second-order valence-corrected chi connectivity index (χ2v) is 5.57. The summed E-state index contributed by atoms with van der Waals surface area (Å²) < 4.78 is 0. The molecule has 1 aromatic carbocycles. The zero-order chi connectivity index (χ0) is 9.10. The highest BCUT2D eigenvalue weighted by Crippen LogP contribution is 2.05. The van der Waals surface area contributed by atoms with Crippen LogP contribution in [0, 0.1) is 0 Å². The Morgan fingerprint density at radius 3 is 2.46 bits per heavy atom. The highest BCUT2D eigenvalue weighted by Gasteiger charge is 2.10. The van der Waals surface area contributed by atoms with E-state index in [0.29, 0.717) is 0 Å². The lowest BCUT2D eigenvalue weighted by Crippen LogP contribution is -2.27. The van der Waals surface area contributed by atoms with Crippen molar-refractivity contribution in [2.45, 2.75) is 0 Å². The predicted molar refractivity (Wildman–Crippen MR) is 61.6 cm³/mol. The minimum atomic E-state index is -0.929. The van der Waals surface area contributed by atoms with Gasteiger partial charge in [-0.2, -0.15) is 0 Å². The SMILES string of the molecule is C=Cc1ccccc1[SiH]1C=CC=C1. The summed E-state index contributed by atoms with van der Waals surface area (Å²) in [6.45, 7) is 3.84. The molecule has 0 saturated heterocycles. The molecule has 0 saturated carbocycles. The molecular weight excluding hydrogens is 172 g/mol. The zero-order valence-corrected chi connectivity index (χ0v) is 8.64. The number of rotatable bonds is 2. The Balaban J connectivity index is 2.43. The van der Waals surface area contributed by atoms with Crippen LogP contribution in [0.5, 0.6) is 0 Å². The molecule has 0 atom stereocenters. The van der Waals surface area contributed by atoms with Crippen molar-refractivity contribution in [2.75, 3.05) is 0 Å². The molecule has 0 amide bonds. The van der Waals surface area contributed by atoms with Gasteiger partial charge in [0.05, 0.1) is 0 Å². The van der Waals surface area contributed by atoms with Crippen LogP contribution in [-0.2, 0) is 0 Å². The van der Waals surface area contributed by atoms with Gasteiger partial charge in [0.1, 0.15) is 8.80 Å². The summed E-state index contributed by atoms with van der Waals surface area (Å²) in [5.41, 5.74) is 5.96. The van der Waals surface area contributed by atoms with Gasteiger partial charge in [0, 0.05) is 0 Å². The van der Waals surface area contributed by atoms with Crippen molar-refractivity contribution < 1.29 is 0 Å². The highest BCUT2D eigenvalue weighted by molar-refractivity contribution is 6.83. The van der Waals surface area contributed by atoms with Gasteiger partial charge < -0.3 is 0 Å². The molecule has 0 nitrogen and oxygen atoms in total. The fraction of sp³-hybridized carbons (Fsp3) is 0. The molecule has 0 N–H and O–H groups in total. The van der Waals surface area contributed by atoms with E-state index >= 15 is 0 Å². The number of hydrogen-bond donors (Lipinski definition) is 0. The predicted octanol–water partition coefficient (Wildman–Crippen LogP) is 1.97. The minimum Gasteiger partial charge on any atom is -0.0985 e. The van der Waals surface area contributed by atoms with Crippen LogP contribution in [0.1, 0.15) is 5.56 Å². The summed E-state index contributed by atoms with van der Waals surface area (Å²) in [6.07, 6.45) is 6.25. The first-order chi connectivity index (χ1) is 6.42. The van der Waals surface area contributed by atoms with Crippen LogP contribution in [0.2, 0.25) is 0 Å². The van der Waals surface area contributed by atoms with Crippen LogP contribution >= 0.6 is 0 Å². The molecule has 1 aliphatic rings. The van der Waals surface area contributed by atoms with Crippen molar-refractivity contribution in [3.05, 3.63) is 60.0 Å². The molecule has 0 aromatic heterocycles. The monoisotopic (exact) mass is 184 g/mol. The van der Waals surface area contributed by atoms with Crippen molar-refractivity contribution in [2.24, 2.45) is 0 Å². The molecule has 1 aromatic rings. The summed E-state index contributed by atoms with van der Waals surface area (Å²) >= 11 is 0. The third-order valence-corrected chi connectivity index (χ3v) is 4.84. The maximum absolute atomic E-state index is 3.84. The lowest BCUT2D eigenvalue weighted by atomic mass is 10.2. The van der Waals surface area contributed by atoms with Gasteiger partial charge >= 0.3 is 0 Å². The molecule has 2 rings (SSSR count). The maximum atomic E-state index is 3.84. The van der Waals surface area contributed by atoms with Gasteiger partial charge in [-0.3, -0.25) is 0 Å². The average molecular weight is 184 g/mol. The fourth-order valence-electron chi connectivity index (χ4n) is 1.64. The van der Waals surface area contributed by atoms with Crippen molar-refractivity contribution in [3.63, 3.8) is 0 Å². The van der Waals surface area contributed by atoms with E-state index in [1.807, 2.05) is 6.08 Å². The van der Waals surface area contributed by atoms with Crippen LogP contribution < -0.4 is 5.19 Å². The van der Waals surface area contributed by atoms with Crippen molar-refractivity contribution in [3.8, 4) is 0 Å². The first kappa shape index (κ1) is 8.26. The van der Waals surface area contributed by atoms with Crippen LogP contribution in [0.3, 0.4) is 0 Å². The Bertz CT molecular complexity index is 362. The zero-order valence-electron chi connectivity index (χ0n) is 7.48. The molecule has 0 unspecified atom stereocenters. The Labute approximate surface area is 80.5 Å². The van der Waals surface area contributed by atoms with E-state index in [2.05, 4.69) is 54.4 Å². The fourth-order valence-corrected chi connectivity index (χ4v) is 3.85. The topological polar surface area (TPSA) is 0 Å². The third kappa shape index (κ3) is 1.56. The lowest BCUT2D eigenvalue weighted by molar-refractivity contribution is 1.71. The molecule has 1 heteroatoms. The molecule has 0 bridgehead atoms. The Morgan fingerprint density at radius 2 is 1.77 bits per heavy atom. The molecule has 1 heterocycles. The van der Waals surface area contributed by atoms with E-state index in [4.69, 9.17) is 0 Å². The first-order valence-electron chi connectivity index (χ1n) is 4.48. The summed E-state index contributed by atoms with van der Waals surface area (Å²) in [4.78, 5) is 0. The number of hydrogen-bond acceptors (Lipinski definition) is 0. The molecule has 64 valence electrons. The normalized spacial score (nSPS) is 15.1. The molecule has 0 aliphatic carbocycles. The van der Waals surface area contributed by atoms with Crippen LogP contribution in [0.25, 0.3) is 6.08 Å². The second kappa shape index (κ2) is 3.58. The lowest BCUT2D eigenvalue weighted by Gasteiger charge is -2.07. The van der Waals surface area contributed by atoms with Gasteiger partial charge in [-0.25, -0.2) is 0 Å². The number of benzene rings is 1. The van der Waals surface area contributed by atoms with Crippen molar-refractivity contribution in [1.29, 1.82) is 0 Å². The second-order valence-electron chi connectivity index (χ2n) is 3.13. The summed E-state index contributed by atoms with van der Waals surface area (Å²) in [6, 6.07) is 8.52. The molecule has 0 spiro atoms. The summed E-state index contributed by atoms with van der Waals surface area (Å²) in [5.74, 6) is 0. The molecule has 13 heavy (non-hydrogen) atoms. The Morgan fingerprint density at radius 1 is 1.08 bits per heavy atom. The third-order valence-electron chi connectivity index (χ3n) is 2.32. The average Bonchev–Trinajstić information content (AvgIpc) is 2.70. The van der Waals surface area contributed by atoms with E-state index < -0.39 is 8.80 Å². The van der Waals surface area contributed by atoms with Crippen molar-refractivity contribution in [1.82, 2.24) is 0 Å². The summed E-state index contributed by atoms with van der Waals surface area (Å²) in [5, 5.41) is 1.47. The molecule has 0 radical (unpaired) electrons. The molecule has 0 fully saturated rings. The van der Waals surface area contributed by atoms with Gasteiger partial charge in [-0.1, -0.05) is 60.5 Å². The van der Waals surface area contributed by atoms with E-state index in [1.54, 1.807) is 0 Å². The molecule has 1 aliphatic heterocycles. The quantitative estimate of drug-likeness (QED) is 0.616. The van der Waals surface area contributed by atoms with Crippen LogP contribution in [0.4, 0.5) is 0 Å². The summed E-state index contributed by atoms with van der Waals surface area (Å²) in [7, 11) is -0.929. The van der Waals surface area contributed by atoms with E-state index in [9.17, 15) is 0 Å². The smallest absolute Gasteiger partial charge is 0.0985 e. The Kier molecular flexibility index (Phi) is 2.28. The van der Waals surface area contributed by atoms with E-state index in [-0.39, 0.29) is 0 Å². The van der Waals surface area contributed by atoms with Gasteiger partial charge in [0.2, 0.25) is 0 Å². The van der Waals surface area contributed by atoms with Crippen LogP contribution in [-0.4, -0.2) is 8.80 Å². The largest absolute Gasteiger partial charge is 0.118 e. The standard InChI is InChI=1S/C12H12Si/c1-2-11-7-3-4-8-12(11)13-9-5-6-10-13/h2-10,13H,1H2. The van der Waals surface area contributed by atoms with Crippen molar-refractivity contribution >= 4 is 20.1 Å². The first-order valence-corrected chi connectivity index (χ1v) is 6.39. The van der Waals surface area contributed by atoms with E-state index in [0.717, 1.165) is 0 Å². The van der Waals surface area contributed by atoms with Crippen LogP contribution in [0.15, 0.2) is 54.4 Å². The van der Waals surface area contributed by atoms with E-state index in [1.165, 1.54) is 10.8 Å².